The van der Waals surface area contributed by atoms with E-state index in [1.54, 1.807) is 0 Å². The average Bonchev–Trinajstić information content (AvgIpc) is 2.50. The van der Waals surface area contributed by atoms with E-state index >= 15 is 0 Å². The van der Waals surface area contributed by atoms with Crippen LogP contribution < -0.4 is 5.32 Å². The maximum absolute atomic E-state index is 12.0. The first-order valence-electron chi connectivity index (χ1n) is 7.50. The first-order chi connectivity index (χ1) is 10.1. The van der Waals surface area contributed by atoms with Crippen LogP contribution in [0.1, 0.15) is 38.1 Å². The van der Waals surface area contributed by atoms with Crippen molar-refractivity contribution in [1.82, 2.24) is 10.2 Å². The maximum Gasteiger partial charge on any atom is 0.251 e. The minimum absolute atomic E-state index is 0.0246. The van der Waals surface area contributed by atoms with Crippen LogP contribution in [0, 0.1) is 0 Å². The molecule has 1 amide bonds. The number of likely N-dealkylation sites (N-methyl/N-ethyl adjacent to an activating group) is 1. The Balaban J connectivity index is 2.40. The summed E-state index contributed by atoms with van der Waals surface area (Å²) in [6.45, 7) is 11.8. The third-order valence-corrected chi connectivity index (χ3v) is 4.01. The predicted molar refractivity (Wildman–Crippen MR) is 88.6 cm³/mol. The summed E-state index contributed by atoms with van der Waals surface area (Å²) in [5.41, 5.74) is 0.684. The molecule has 0 heterocycles. The molecule has 0 atom stereocenters. The van der Waals surface area contributed by atoms with Crippen molar-refractivity contribution in [3.05, 3.63) is 29.8 Å². The summed E-state index contributed by atoms with van der Waals surface area (Å²) in [6, 6.07) is 7.48. The zero-order valence-electron chi connectivity index (χ0n) is 13.4. The van der Waals surface area contributed by atoms with E-state index < -0.39 is 0 Å². The van der Waals surface area contributed by atoms with Gasteiger partial charge in [0.1, 0.15) is 0 Å². The quantitative estimate of drug-likeness (QED) is 0.711. The molecule has 0 unspecified atom stereocenters. The molecular weight excluding hydrogens is 284 g/mol. The van der Waals surface area contributed by atoms with Crippen molar-refractivity contribution >= 4 is 17.9 Å². The molecule has 1 rings (SSSR count). The van der Waals surface area contributed by atoms with Crippen molar-refractivity contribution in [3.63, 3.8) is 0 Å². The van der Waals surface area contributed by atoms with Crippen molar-refractivity contribution in [2.24, 2.45) is 0 Å². The van der Waals surface area contributed by atoms with Gasteiger partial charge >= 0.3 is 0 Å². The van der Waals surface area contributed by atoms with Crippen molar-refractivity contribution in [3.8, 4) is 0 Å². The lowest BCUT2D eigenvalue weighted by Gasteiger charge is -2.17. The minimum Gasteiger partial charge on any atom is -0.351 e. The number of nitrogens with zero attached hydrogens (tertiary/aromatic N) is 1. The monoisotopic (exact) mass is 310 g/mol. The van der Waals surface area contributed by atoms with E-state index in [1.165, 1.54) is 12.0 Å². The number of amides is 1. The predicted octanol–water partition coefficient (Wildman–Crippen LogP) is 3.19. The molecule has 1 aromatic carbocycles. The number of hydrogen-bond donors (Lipinski definition) is 1. The molecule has 1 N–H and O–H groups in total. The van der Waals surface area contributed by atoms with Gasteiger partial charge in [-0.25, -0.2) is 0 Å². The van der Waals surface area contributed by atoms with Crippen LogP contribution in [0.2, 0.25) is 0 Å². The van der Waals surface area contributed by atoms with E-state index in [1.807, 2.05) is 38.1 Å². The second kappa shape index (κ2) is 9.82. The molecule has 0 aliphatic heterocycles. The van der Waals surface area contributed by atoms with Gasteiger partial charge in [-0.1, -0.05) is 13.8 Å². The third kappa shape index (κ3) is 6.98. The lowest BCUT2D eigenvalue weighted by molar-refractivity contribution is 0.0949. The minimum atomic E-state index is -0.0246. The molecule has 1 aromatic rings. The Morgan fingerprint density at radius 1 is 1.24 bits per heavy atom. The standard InChI is InChI=1S/C16H26N2O2S/c1-5-18(6-2)12-11-17-16(19)14-7-9-15(10-8-14)21-20-13(3)4/h7-10,13H,5-6,11-12H2,1-4H3,(H,17,19). The topological polar surface area (TPSA) is 41.6 Å². The highest BCUT2D eigenvalue weighted by molar-refractivity contribution is 7.94. The largest absolute Gasteiger partial charge is 0.351 e. The first-order valence-corrected chi connectivity index (χ1v) is 8.24. The lowest BCUT2D eigenvalue weighted by Crippen LogP contribution is -2.34. The van der Waals surface area contributed by atoms with Gasteiger partial charge in [0.05, 0.1) is 6.10 Å². The summed E-state index contributed by atoms with van der Waals surface area (Å²) in [5.74, 6) is -0.0246. The van der Waals surface area contributed by atoms with E-state index in [4.69, 9.17) is 4.18 Å². The molecule has 0 radical (unpaired) electrons. The summed E-state index contributed by atoms with van der Waals surface area (Å²) >= 11 is 1.34. The highest BCUT2D eigenvalue weighted by Crippen LogP contribution is 2.21. The fourth-order valence-corrected chi connectivity index (χ4v) is 2.33. The van der Waals surface area contributed by atoms with E-state index in [0.717, 1.165) is 24.5 Å². The Morgan fingerprint density at radius 3 is 2.38 bits per heavy atom. The zero-order chi connectivity index (χ0) is 15.7. The SMILES string of the molecule is CCN(CC)CCNC(=O)c1ccc(SOC(C)C)cc1. The van der Waals surface area contributed by atoms with Crippen LogP contribution in [0.25, 0.3) is 0 Å². The van der Waals surface area contributed by atoms with Gasteiger partial charge < -0.3 is 14.4 Å². The molecule has 0 bridgehead atoms. The van der Waals surface area contributed by atoms with Crippen LogP contribution in [0.4, 0.5) is 0 Å². The summed E-state index contributed by atoms with van der Waals surface area (Å²) < 4.78 is 5.45. The number of nitrogens with one attached hydrogen (secondary N) is 1. The fraction of sp³-hybridized carbons (Fsp3) is 0.562. The van der Waals surface area contributed by atoms with Gasteiger partial charge in [-0.3, -0.25) is 4.79 Å². The van der Waals surface area contributed by atoms with Crippen molar-refractivity contribution < 1.29 is 8.98 Å². The molecule has 4 nitrogen and oxygen atoms in total. The van der Waals surface area contributed by atoms with Crippen molar-refractivity contribution in [2.45, 2.75) is 38.7 Å². The van der Waals surface area contributed by atoms with E-state index in [-0.39, 0.29) is 12.0 Å². The molecule has 0 aromatic heterocycles. The van der Waals surface area contributed by atoms with Crippen molar-refractivity contribution in [1.29, 1.82) is 0 Å². The maximum atomic E-state index is 12.0. The molecule has 5 heteroatoms. The molecular formula is C16H26N2O2S. The van der Waals surface area contributed by atoms with Gasteiger partial charge in [0, 0.05) is 35.6 Å². The number of carbonyl (C=O) groups is 1. The molecule has 118 valence electrons. The van der Waals surface area contributed by atoms with Gasteiger partial charge in [0.15, 0.2) is 0 Å². The van der Waals surface area contributed by atoms with Crippen LogP contribution in [-0.2, 0) is 4.18 Å². The lowest BCUT2D eigenvalue weighted by atomic mass is 10.2. The first kappa shape index (κ1) is 18.0. The van der Waals surface area contributed by atoms with Gasteiger partial charge in [0.2, 0.25) is 0 Å². The smallest absolute Gasteiger partial charge is 0.251 e. The molecule has 21 heavy (non-hydrogen) atoms. The second-order valence-corrected chi connectivity index (χ2v) is 5.87. The van der Waals surface area contributed by atoms with E-state index in [0.29, 0.717) is 12.1 Å². The van der Waals surface area contributed by atoms with E-state index in [9.17, 15) is 4.79 Å². The number of hydrogen-bond acceptors (Lipinski definition) is 4. The number of carbonyl (C=O) groups excluding carboxylic acids is 1. The Morgan fingerprint density at radius 2 is 1.86 bits per heavy atom. The molecule has 0 aliphatic rings. The summed E-state index contributed by atoms with van der Waals surface area (Å²) in [6.07, 6.45) is 0.179. The third-order valence-electron chi connectivity index (χ3n) is 3.06. The second-order valence-electron chi connectivity index (χ2n) is 5.04. The van der Waals surface area contributed by atoms with Gasteiger partial charge in [-0.05, 0) is 51.2 Å². The average molecular weight is 310 g/mol. The summed E-state index contributed by atoms with van der Waals surface area (Å²) in [5, 5.41) is 2.95. The number of benzene rings is 1. The Kier molecular flexibility index (Phi) is 8.42. The molecule has 0 saturated heterocycles. The Bertz CT molecular complexity index is 417. The van der Waals surface area contributed by atoms with Crippen LogP contribution in [-0.4, -0.2) is 43.1 Å². The Labute approximate surface area is 132 Å². The van der Waals surface area contributed by atoms with Gasteiger partial charge in [-0.2, -0.15) is 0 Å². The van der Waals surface area contributed by atoms with Crippen LogP contribution in [0.15, 0.2) is 29.2 Å². The van der Waals surface area contributed by atoms with Crippen molar-refractivity contribution in [2.75, 3.05) is 26.2 Å². The molecule has 0 spiro atoms. The van der Waals surface area contributed by atoms with Gasteiger partial charge in [0.25, 0.3) is 5.91 Å². The van der Waals surface area contributed by atoms with Crippen LogP contribution in [0.3, 0.4) is 0 Å². The van der Waals surface area contributed by atoms with Crippen LogP contribution >= 0.6 is 12.0 Å². The van der Waals surface area contributed by atoms with Gasteiger partial charge in [-0.15, -0.1) is 0 Å². The Hall–Kier alpha value is -1.04. The number of rotatable bonds is 9. The summed E-state index contributed by atoms with van der Waals surface area (Å²) in [4.78, 5) is 15.3. The summed E-state index contributed by atoms with van der Waals surface area (Å²) in [7, 11) is 0. The highest BCUT2D eigenvalue weighted by atomic mass is 32.2. The molecule has 0 fully saturated rings. The zero-order valence-corrected chi connectivity index (χ0v) is 14.2. The molecule has 0 aliphatic carbocycles. The highest BCUT2D eigenvalue weighted by Gasteiger charge is 2.06. The van der Waals surface area contributed by atoms with E-state index in [2.05, 4.69) is 24.1 Å². The fourth-order valence-electron chi connectivity index (χ4n) is 1.78. The normalized spacial score (nSPS) is 11.1. The molecule has 0 saturated carbocycles. The van der Waals surface area contributed by atoms with Crippen LogP contribution in [0.5, 0.6) is 0 Å².